The normalized spacial score (nSPS) is 16.7. The Kier molecular flexibility index (Phi) is 10.7. The van der Waals surface area contributed by atoms with E-state index in [2.05, 4.69) is 27.7 Å². The van der Waals surface area contributed by atoms with E-state index in [1.165, 1.54) is 26.0 Å². The van der Waals surface area contributed by atoms with Gasteiger partial charge >= 0.3 is 0 Å². The summed E-state index contributed by atoms with van der Waals surface area (Å²) in [5.74, 6) is -0.525. The third-order valence-electron chi connectivity index (χ3n) is 4.04. The molecule has 0 radical (unpaired) electrons. The highest BCUT2D eigenvalue weighted by atomic mass is 19.2. The molecule has 0 fully saturated rings. The number of rotatable bonds is 9. The molecule has 132 valence electrons. The fourth-order valence-corrected chi connectivity index (χ4v) is 2.10. The molecule has 0 aromatic rings. The first-order valence-corrected chi connectivity index (χ1v) is 8.29. The highest BCUT2D eigenvalue weighted by Gasteiger charge is 2.12. The van der Waals surface area contributed by atoms with Crippen LogP contribution in [0.25, 0.3) is 0 Å². The van der Waals surface area contributed by atoms with E-state index in [9.17, 15) is 8.78 Å². The zero-order chi connectivity index (χ0) is 18.0. The zero-order valence-electron chi connectivity index (χ0n) is 15.7. The van der Waals surface area contributed by atoms with Crippen molar-refractivity contribution in [3.05, 3.63) is 46.6 Å². The molecular weight excluding hydrogens is 294 g/mol. The summed E-state index contributed by atoms with van der Waals surface area (Å²) in [6.07, 6.45) is 7.28. The second-order valence-electron chi connectivity index (χ2n) is 6.49. The van der Waals surface area contributed by atoms with E-state index in [0.717, 1.165) is 12.5 Å². The predicted molar refractivity (Wildman–Crippen MR) is 95.6 cm³/mol. The Morgan fingerprint density at radius 2 is 1.65 bits per heavy atom. The number of hydrogen-bond acceptors (Lipinski definition) is 1. The minimum atomic E-state index is -0.851. The van der Waals surface area contributed by atoms with Crippen molar-refractivity contribution >= 4 is 0 Å². The van der Waals surface area contributed by atoms with Gasteiger partial charge in [0.2, 0.25) is 0 Å². The Bertz CT molecular complexity index is 482. The molecule has 3 heteroatoms. The van der Waals surface area contributed by atoms with Crippen molar-refractivity contribution in [3.63, 3.8) is 0 Å². The maximum Gasteiger partial charge on any atom is 0.164 e. The van der Waals surface area contributed by atoms with E-state index in [-0.39, 0.29) is 12.2 Å². The summed E-state index contributed by atoms with van der Waals surface area (Å²) in [6.45, 7) is 12.0. The molecule has 0 bridgehead atoms. The number of halogens is 2. The molecule has 0 aromatic carbocycles. The van der Waals surface area contributed by atoms with Gasteiger partial charge in [0.25, 0.3) is 0 Å². The van der Waals surface area contributed by atoms with Gasteiger partial charge in [0.05, 0.1) is 6.61 Å². The third kappa shape index (κ3) is 8.26. The molecule has 1 unspecified atom stereocenters. The second kappa shape index (κ2) is 11.3. The summed E-state index contributed by atoms with van der Waals surface area (Å²) >= 11 is 0. The quantitative estimate of drug-likeness (QED) is 0.429. The fourth-order valence-electron chi connectivity index (χ4n) is 2.10. The van der Waals surface area contributed by atoms with Crippen LogP contribution in [0.5, 0.6) is 0 Å². The van der Waals surface area contributed by atoms with E-state index in [0.29, 0.717) is 17.4 Å². The van der Waals surface area contributed by atoms with Gasteiger partial charge in [0.1, 0.15) is 0 Å². The van der Waals surface area contributed by atoms with Gasteiger partial charge in [0.15, 0.2) is 11.7 Å². The van der Waals surface area contributed by atoms with Crippen LogP contribution in [0.3, 0.4) is 0 Å². The Labute approximate surface area is 140 Å². The van der Waals surface area contributed by atoms with Gasteiger partial charge in [0, 0.05) is 12.7 Å². The Morgan fingerprint density at radius 1 is 1.04 bits per heavy atom. The van der Waals surface area contributed by atoms with Crippen LogP contribution in [0.15, 0.2) is 46.6 Å². The zero-order valence-corrected chi connectivity index (χ0v) is 15.7. The Balaban J connectivity index is 5.25. The maximum absolute atomic E-state index is 14.1. The summed E-state index contributed by atoms with van der Waals surface area (Å²) in [7, 11) is 1.48. The Hall–Kier alpha value is -1.22. The largest absolute Gasteiger partial charge is 0.380 e. The molecule has 0 rings (SSSR count). The molecule has 0 aromatic heterocycles. The Morgan fingerprint density at radius 3 is 2.13 bits per heavy atom. The minimum absolute atomic E-state index is 0.0468. The van der Waals surface area contributed by atoms with Gasteiger partial charge < -0.3 is 4.74 Å². The summed E-state index contributed by atoms with van der Waals surface area (Å²) < 4.78 is 32.6. The van der Waals surface area contributed by atoms with Crippen molar-refractivity contribution in [1.29, 1.82) is 0 Å². The topological polar surface area (TPSA) is 9.23 Å². The average Bonchev–Trinajstić information content (AvgIpc) is 2.53. The van der Waals surface area contributed by atoms with Crippen molar-refractivity contribution in [2.45, 2.75) is 54.4 Å². The van der Waals surface area contributed by atoms with E-state index >= 15 is 0 Å². The van der Waals surface area contributed by atoms with Gasteiger partial charge in [-0.2, -0.15) is 0 Å². The van der Waals surface area contributed by atoms with Gasteiger partial charge in [-0.3, -0.25) is 0 Å². The molecule has 0 spiro atoms. The first-order valence-electron chi connectivity index (χ1n) is 8.29. The lowest BCUT2D eigenvalue weighted by Crippen LogP contribution is -2.01. The molecule has 23 heavy (non-hydrogen) atoms. The van der Waals surface area contributed by atoms with Crippen LogP contribution in [0, 0.1) is 11.8 Å². The van der Waals surface area contributed by atoms with Gasteiger partial charge in [-0.15, -0.1) is 0 Å². The molecule has 0 saturated heterocycles. The van der Waals surface area contributed by atoms with Crippen LogP contribution in [-0.2, 0) is 4.74 Å². The van der Waals surface area contributed by atoms with Crippen molar-refractivity contribution in [2.75, 3.05) is 13.7 Å². The molecule has 1 atom stereocenters. The second-order valence-corrected chi connectivity index (χ2v) is 6.49. The molecule has 0 aliphatic heterocycles. The summed E-state index contributed by atoms with van der Waals surface area (Å²) in [5.41, 5.74) is 2.17. The van der Waals surface area contributed by atoms with Crippen LogP contribution in [0.4, 0.5) is 8.78 Å². The molecule has 0 amide bonds. The van der Waals surface area contributed by atoms with Crippen LogP contribution in [0.2, 0.25) is 0 Å². The first-order chi connectivity index (χ1) is 10.7. The van der Waals surface area contributed by atoms with Crippen molar-refractivity contribution in [2.24, 2.45) is 11.8 Å². The van der Waals surface area contributed by atoms with Crippen LogP contribution >= 0.6 is 0 Å². The van der Waals surface area contributed by atoms with Crippen molar-refractivity contribution in [1.82, 2.24) is 0 Å². The van der Waals surface area contributed by atoms with Gasteiger partial charge in [-0.05, 0) is 50.7 Å². The van der Waals surface area contributed by atoms with Crippen LogP contribution < -0.4 is 0 Å². The smallest absolute Gasteiger partial charge is 0.164 e. The number of allylic oxidation sites excluding steroid dienone is 6. The van der Waals surface area contributed by atoms with Gasteiger partial charge in [-0.25, -0.2) is 8.78 Å². The fraction of sp³-hybridized carbons (Fsp3) is 0.600. The molecule has 0 heterocycles. The SMILES string of the molecule is C\C=C(F)/C(F)=C(COC)/C(C)=C/C=C(\C)C(C)CCC(C)C. The van der Waals surface area contributed by atoms with E-state index in [1.807, 2.05) is 12.2 Å². The summed E-state index contributed by atoms with van der Waals surface area (Å²) in [4.78, 5) is 0. The maximum atomic E-state index is 14.1. The lowest BCUT2D eigenvalue weighted by atomic mass is 9.93. The predicted octanol–water partition coefficient (Wildman–Crippen LogP) is 6.69. The third-order valence-corrected chi connectivity index (χ3v) is 4.04. The molecule has 0 aliphatic carbocycles. The molecule has 0 N–H and O–H groups in total. The summed E-state index contributed by atoms with van der Waals surface area (Å²) in [6, 6.07) is 0. The van der Waals surface area contributed by atoms with E-state index in [4.69, 9.17) is 4.74 Å². The summed E-state index contributed by atoms with van der Waals surface area (Å²) in [5, 5.41) is 0. The van der Waals surface area contributed by atoms with Crippen LogP contribution in [0.1, 0.15) is 54.4 Å². The molecule has 0 aliphatic rings. The highest BCUT2D eigenvalue weighted by molar-refractivity contribution is 5.40. The lowest BCUT2D eigenvalue weighted by molar-refractivity contribution is 0.224. The van der Waals surface area contributed by atoms with E-state index in [1.54, 1.807) is 6.92 Å². The van der Waals surface area contributed by atoms with Crippen molar-refractivity contribution < 1.29 is 13.5 Å². The lowest BCUT2D eigenvalue weighted by Gasteiger charge is -2.13. The standard InChI is InChI=1S/C20H32F2O/c1-8-19(21)20(22)18(13-23-7)17(6)12-11-16(5)15(4)10-9-14(2)3/h8,11-12,14-15H,9-10,13H2,1-7H3/b16-11+,17-12+,19-8+,20-18-. The van der Waals surface area contributed by atoms with Crippen molar-refractivity contribution in [3.8, 4) is 0 Å². The monoisotopic (exact) mass is 326 g/mol. The number of hydrogen-bond donors (Lipinski definition) is 0. The molecule has 1 nitrogen and oxygen atoms in total. The first kappa shape index (κ1) is 21.8. The molecule has 0 saturated carbocycles. The minimum Gasteiger partial charge on any atom is -0.380 e. The average molecular weight is 326 g/mol. The van der Waals surface area contributed by atoms with Crippen LogP contribution in [-0.4, -0.2) is 13.7 Å². The number of methoxy groups -OCH3 is 1. The highest BCUT2D eigenvalue weighted by Crippen LogP contribution is 2.24. The van der Waals surface area contributed by atoms with E-state index < -0.39 is 11.7 Å². The molecular formula is C20H32F2O. The van der Waals surface area contributed by atoms with Gasteiger partial charge in [-0.1, -0.05) is 44.9 Å². The number of ether oxygens (including phenoxy) is 1.